The number of phenols is 1. The van der Waals surface area contributed by atoms with Crippen molar-refractivity contribution in [1.29, 1.82) is 0 Å². The molecule has 4 aromatic rings. The molecule has 0 radical (unpaired) electrons. The van der Waals surface area contributed by atoms with Crippen LogP contribution >= 0.6 is 0 Å². The van der Waals surface area contributed by atoms with Crippen LogP contribution in [0.15, 0.2) is 71.7 Å². The molecule has 5 rings (SSSR count). The van der Waals surface area contributed by atoms with Crippen molar-refractivity contribution in [3.63, 3.8) is 0 Å². The van der Waals surface area contributed by atoms with Crippen molar-refractivity contribution in [2.75, 3.05) is 36.9 Å². The first-order chi connectivity index (χ1) is 20.1. The normalized spacial score (nSPS) is 13.5. The number of ether oxygens (including phenoxy) is 1. The van der Waals surface area contributed by atoms with Crippen LogP contribution in [0.5, 0.6) is 5.75 Å². The zero-order valence-corrected chi connectivity index (χ0v) is 23.6. The number of carbonyl (C=O) groups excluding carboxylic acids is 2. The lowest BCUT2D eigenvalue weighted by Gasteiger charge is -2.26. The van der Waals surface area contributed by atoms with E-state index in [4.69, 9.17) is 4.74 Å². The van der Waals surface area contributed by atoms with Crippen LogP contribution in [0.2, 0.25) is 0 Å². The van der Waals surface area contributed by atoms with Gasteiger partial charge >= 0.3 is 0 Å². The van der Waals surface area contributed by atoms with Gasteiger partial charge in [-0.15, -0.1) is 0 Å². The smallest absolute Gasteiger partial charge is 0.287 e. The van der Waals surface area contributed by atoms with Crippen LogP contribution in [0.25, 0.3) is 11.3 Å². The molecule has 11 nitrogen and oxygen atoms in total. The Labute approximate surface area is 242 Å². The van der Waals surface area contributed by atoms with Gasteiger partial charge in [-0.25, -0.2) is 10.1 Å². The molecule has 0 aliphatic carbocycles. The number of aromatic hydroxyl groups is 1. The third kappa shape index (κ3) is 6.47. The minimum Gasteiger partial charge on any atom is -0.507 e. The summed E-state index contributed by atoms with van der Waals surface area (Å²) in [7, 11) is 0. The standard InChI is InChI=1S/C31H32N6O5/c1-31(2,3)21-8-9-23(26(38)16-21)28(39)33-22-6-4-5-19(15-22)24-17-25(29(40)36-35-24)34-27-10-7-20(18-32-27)30(41)37-11-13-42-14-12-37/h4-10,15-18,38H,11-14H2,1-3H3,(H,33,39)(H,36,40)(H,32,34,35). The van der Waals surface area contributed by atoms with Crippen LogP contribution < -0.4 is 16.2 Å². The number of nitrogens with zero attached hydrogens (tertiary/aromatic N) is 3. The van der Waals surface area contributed by atoms with E-state index in [0.717, 1.165) is 5.56 Å². The molecule has 11 heteroatoms. The average Bonchev–Trinajstić information content (AvgIpc) is 2.98. The number of H-pyrrole nitrogens is 1. The predicted octanol–water partition coefficient (Wildman–Crippen LogP) is 4.30. The van der Waals surface area contributed by atoms with Crippen molar-refractivity contribution in [3.05, 3.63) is 93.9 Å². The number of anilines is 3. The highest BCUT2D eigenvalue weighted by molar-refractivity contribution is 6.06. The third-order valence-electron chi connectivity index (χ3n) is 6.90. The molecule has 0 bridgehead atoms. The maximum absolute atomic E-state index is 12.9. The molecule has 1 aliphatic rings. The van der Waals surface area contributed by atoms with Crippen molar-refractivity contribution >= 4 is 29.0 Å². The van der Waals surface area contributed by atoms with Crippen LogP contribution in [0.1, 0.15) is 47.1 Å². The van der Waals surface area contributed by atoms with Gasteiger partial charge in [0.1, 0.15) is 17.3 Å². The van der Waals surface area contributed by atoms with E-state index in [0.29, 0.717) is 54.6 Å². The summed E-state index contributed by atoms with van der Waals surface area (Å²) in [6.07, 6.45) is 1.47. The molecule has 42 heavy (non-hydrogen) atoms. The van der Waals surface area contributed by atoms with E-state index in [-0.39, 0.29) is 28.3 Å². The molecule has 1 saturated heterocycles. The summed E-state index contributed by atoms with van der Waals surface area (Å²) in [4.78, 5) is 44.1. The number of aromatic nitrogens is 3. The Balaban J connectivity index is 1.30. The number of rotatable bonds is 6. The number of amides is 2. The van der Waals surface area contributed by atoms with Crippen molar-refractivity contribution in [1.82, 2.24) is 20.1 Å². The summed E-state index contributed by atoms with van der Waals surface area (Å²) in [6.45, 7) is 8.17. The number of aromatic amines is 1. The van der Waals surface area contributed by atoms with E-state index in [9.17, 15) is 19.5 Å². The zero-order chi connectivity index (χ0) is 29.9. The molecule has 0 saturated carbocycles. The number of benzene rings is 2. The lowest BCUT2D eigenvalue weighted by Crippen LogP contribution is -2.40. The second-order valence-electron chi connectivity index (χ2n) is 11.0. The van der Waals surface area contributed by atoms with Gasteiger partial charge in [-0.2, -0.15) is 5.10 Å². The van der Waals surface area contributed by atoms with Crippen LogP contribution in [0, 0.1) is 0 Å². The Kier molecular flexibility index (Phi) is 8.03. The maximum atomic E-state index is 12.9. The summed E-state index contributed by atoms with van der Waals surface area (Å²) in [5.41, 5.74) is 2.69. The Morgan fingerprint density at radius 1 is 1.02 bits per heavy atom. The first kappa shape index (κ1) is 28.5. The molecule has 0 atom stereocenters. The van der Waals surface area contributed by atoms with Crippen LogP contribution in [0.4, 0.5) is 17.2 Å². The van der Waals surface area contributed by atoms with Gasteiger partial charge in [0.2, 0.25) is 0 Å². The number of hydrogen-bond acceptors (Lipinski definition) is 8. The molecule has 3 heterocycles. The first-order valence-electron chi connectivity index (χ1n) is 13.5. The van der Waals surface area contributed by atoms with Crippen LogP contribution in [-0.2, 0) is 10.2 Å². The summed E-state index contributed by atoms with van der Waals surface area (Å²) in [6, 6.07) is 16.9. The number of pyridine rings is 1. The summed E-state index contributed by atoms with van der Waals surface area (Å²) >= 11 is 0. The van der Waals surface area contributed by atoms with Gasteiger partial charge in [-0.05, 0) is 53.4 Å². The molecule has 2 aromatic carbocycles. The van der Waals surface area contributed by atoms with Gasteiger partial charge in [0, 0.05) is 30.5 Å². The van der Waals surface area contributed by atoms with Gasteiger partial charge in [-0.3, -0.25) is 14.4 Å². The van der Waals surface area contributed by atoms with E-state index in [1.54, 1.807) is 59.5 Å². The molecule has 2 amide bonds. The lowest BCUT2D eigenvalue weighted by molar-refractivity contribution is 0.0302. The van der Waals surface area contributed by atoms with Gasteiger partial charge in [0.25, 0.3) is 17.4 Å². The zero-order valence-electron chi connectivity index (χ0n) is 23.6. The molecule has 216 valence electrons. The number of carbonyl (C=O) groups is 2. The van der Waals surface area contributed by atoms with Crippen molar-refractivity contribution in [3.8, 4) is 17.0 Å². The first-order valence-corrected chi connectivity index (χ1v) is 13.5. The lowest BCUT2D eigenvalue weighted by atomic mass is 9.86. The minimum absolute atomic E-state index is 0.0961. The highest BCUT2D eigenvalue weighted by atomic mass is 16.5. The number of morpholine rings is 1. The molecular weight excluding hydrogens is 536 g/mol. The summed E-state index contributed by atoms with van der Waals surface area (Å²) < 4.78 is 5.30. The number of phenolic OH excluding ortho intramolecular Hbond substituents is 1. The molecule has 0 spiro atoms. The van der Waals surface area contributed by atoms with Gasteiger partial charge < -0.3 is 25.4 Å². The average molecular weight is 569 g/mol. The summed E-state index contributed by atoms with van der Waals surface area (Å²) in [5, 5.41) is 22.9. The molecule has 0 unspecified atom stereocenters. The second-order valence-corrected chi connectivity index (χ2v) is 11.0. The van der Waals surface area contributed by atoms with E-state index in [1.807, 2.05) is 26.8 Å². The van der Waals surface area contributed by atoms with Crippen LogP contribution in [0.3, 0.4) is 0 Å². The van der Waals surface area contributed by atoms with Crippen molar-refractivity contribution < 1.29 is 19.4 Å². The Hall–Kier alpha value is -5.03. The molecular formula is C31H32N6O5. The van der Waals surface area contributed by atoms with Gasteiger partial charge in [0.05, 0.1) is 30.0 Å². The second kappa shape index (κ2) is 11.8. The number of hydrogen-bond donors (Lipinski definition) is 4. The van der Waals surface area contributed by atoms with Crippen molar-refractivity contribution in [2.24, 2.45) is 0 Å². The van der Waals surface area contributed by atoms with Gasteiger partial charge in [-0.1, -0.05) is 39.0 Å². The summed E-state index contributed by atoms with van der Waals surface area (Å²) in [5.74, 6) is -0.287. The maximum Gasteiger partial charge on any atom is 0.287 e. The van der Waals surface area contributed by atoms with E-state index in [2.05, 4.69) is 25.8 Å². The van der Waals surface area contributed by atoms with Crippen molar-refractivity contribution in [2.45, 2.75) is 26.2 Å². The SMILES string of the molecule is CC(C)(C)c1ccc(C(=O)Nc2cccc(-c3cc(Nc4ccc(C(=O)N5CCOCC5)cn4)c(=O)[nH]n3)c2)c(O)c1. The van der Waals surface area contributed by atoms with Crippen LogP contribution in [-0.4, -0.2) is 63.3 Å². The highest BCUT2D eigenvalue weighted by Crippen LogP contribution is 2.29. The quantitative estimate of drug-likeness (QED) is 0.269. The molecule has 1 fully saturated rings. The fraction of sp³-hybridized carbons (Fsp3) is 0.258. The molecule has 1 aliphatic heterocycles. The largest absolute Gasteiger partial charge is 0.507 e. The monoisotopic (exact) mass is 568 g/mol. The Morgan fingerprint density at radius 3 is 2.50 bits per heavy atom. The number of nitrogens with one attached hydrogen (secondary N) is 3. The van der Waals surface area contributed by atoms with E-state index >= 15 is 0 Å². The fourth-order valence-corrected chi connectivity index (χ4v) is 4.47. The third-order valence-corrected chi connectivity index (χ3v) is 6.90. The Morgan fingerprint density at radius 2 is 1.81 bits per heavy atom. The topological polar surface area (TPSA) is 150 Å². The van der Waals surface area contributed by atoms with Gasteiger partial charge in [0.15, 0.2) is 0 Å². The Bertz CT molecular complexity index is 1670. The predicted molar refractivity (Wildman–Crippen MR) is 159 cm³/mol. The fourth-order valence-electron chi connectivity index (χ4n) is 4.47. The molecule has 2 aromatic heterocycles. The van der Waals surface area contributed by atoms with E-state index in [1.165, 1.54) is 6.20 Å². The van der Waals surface area contributed by atoms with E-state index < -0.39 is 11.5 Å². The highest BCUT2D eigenvalue weighted by Gasteiger charge is 2.20. The minimum atomic E-state index is -0.455. The molecule has 4 N–H and O–H groups in total.